The molecule has 0 bridgehead atoms. The zero-order valence-corrected chi connectivity index (χ0v) is 13.9. The van der Waals surface area contributed by atoms with Crippen molar-refractivity contribution in [3.8, 4) is 0 Å². The van der Waals surface area contributed by atoms with E-state index in [1.807, 2.05) is 6.92 Å². The van der Waals surface area contributed by atoms with Gasteiger partial charge in [-0.1, -0.05) is 12.1 Å². The van der Waals surface area contributed by atoms with E-state index in [1.54, 1.807) is 24.5 Å². The summed E-state index contributed by atoms with van der Waals surface area (Å²) in [6.45, 7) is 2.05. The lowest BCUT2D eigenvalue weighted by Gasteiger charge is -2.08. The molecule has 0 radical (unpaired) electrons. The Morgan fingerprint density at radius 3 is 2.73 bits per heavy atom. The average molecular weight is 363 g/mol. The van der Waals surface area contributed by atoms with Crippen LogP contribution in [0.2, 0.25) is 0 Å². The van der Waals surface area contributed by atoms with E-state index < -0.39 is 11.7 Å². The molecule has 0 aliphatic heterocycles. The zero-order chi connectivity index (χ0) is 18.7. The molecule has 1 amide bonds. The van der Waals surface area contributed by atoms with E-state index >= 15 is 0 Å². The quantitative estimate of drug-likeness (QED) is 0.758. The van der Waals surface area contributed by atoms with Crippen molar-refractivity contribution >= 4 is 11.6 Å². The van der Waals surface area contributed by atoms with Gasteiger partial charge in [0.05, 0.1) is 29.7 Å². The van der Waals surface area contributed by atoms with Crippen LogP contribution in [0.3, 0.4) is 0 Å². The van der Waals surface area contributed by atoms with E-state index in [1.165, 1.54) is 21.6 Å². The van der Waals surface area contributed by atoms with Gasteiger partial charge in [-0.05, 0) is 30.7 Å². The Kier molecular flexibility index (Phi) is 4.79. The highest BCUT2D eigenvalue weighted by Crippen LogP contribution is 2.29. The molecule has 3 aromatic rings. The van der Waals surface area contributed by atoms with Gasteiger partial charge in [-0.2, -0.15) is 23.4 Å². The molecular formula is C17H16F3N5O. The van der Waals surface area contributed by atoms with Crippen LogP contribution < -0.4 is 5.32 Å². The Hall–Kier alpha value is -3.10. The van der Waals surface area contributed by atoms with Gasteiger partial charge in [-0.25, -0.2) is 0 Å². The first kappa shape index (κ1) is 17.7. The van der Waals surface area contributed by atoms with E-state index in [9.17, 15) is 18.0 Å². The van der Waals surface area contributed by atoms with Crippen molar-refractivity contribution in [3.63, 3.8) is 0 Å². The predicted molar refractivity (Wildman–Crippen MR) is 88.4 cm³/mol. The number of nitrogens with one attached hydrogen (secondary N) is 1. The van der Waals surface area contributed by atoms with Crippen LogP contribution in [-0.4, -0.2) is 25.5 Å². The summed E-state index contributed by atoms with van der Waals surface area (Å²) in [5.41, 5.74) is 1.04. The summed E-state index contributed by atoms with van der Waals surface area (Å²) in [6, 6.07) is 6.85. The van der Waals surface area contributed by atoms with Crippen LogP contribution in [0.4, 0.5) is 18.9 Å². The summed E-state index contributed by atoms with van der Waals surface area (Å²) < 4.78 is 41.2. The van der Waals surface area contributed by atoms with Crippen LogP contribution in [-0.2, 0) is 24.1 Å². The summed E-state index contributed by atoms with van der Waals surface area (Å²) in [4.78, 5) is 12.0. The van der Waals surface area contributed by atoms with E-state index in [0.717, 1.165) is 17.8 Å². The topological polar surface area (TPSA) is 64.7 Å². The van der Waals surface area contributed by atoms with Crippen molar-refractivity contribution in [2.75, 3.05) is 5.32 Å². The number of aryl methyl sites for hydroxylation is 1. The van der Waals surface area contributed by atoms with Crippen molar-refractivity contribution in [1.29, 1.82) is 0 Å². The molecule has 0 fully saturated rings. The molecule has 3 rings (SSSR count). The predicted octanol–water partition coefficient (Wildman–Crippen LogP) is 3.09. The number of carbonyl (C=O) groups excluding carboxylic acids is 1. The summed E-state index contributed by atoms with van der Waals surface area (Å²) in [5, 5.41) is 10.9. The summed E-state index contributed by atoms with van der Waals surface area (Å²) in [6.07, 6.45) is 0.322. The highest BCUT2D eigenvalue weighted by molar-refractivity contribution is 5.90. The molecule has 6 nitrogen and oxygen atoms in total. The Labute approximate surface area is 147 Å². The standard InChI is InChI=1S/C17H16F3N5O/c1-12-5-6-24(23-12)11-16(26)22-15-8-21-25(10-15)9-13-3-2-4-14(7-13)17(18,19)20/h2-8,10H,9,11H2,1H3,(H,22,26). The minimum Gasteiger partial charge on any atom is -0.322 e. The van der Waals surface area contributed by atoms with Gasteiger partial charge in [-0.15, -0.1) is 0 Å². The number of hydrogen-bond donors (Lipinski definition) is 1. The van der Waals surface area contributed by atoms with Crippen molar-refractivity contribution in [2.45, 2.75) is 26.2 Å². The Balaban J connectivity index is 1.62. The molecular weight excluding hydrogens is 347 g/mol. The van der Waals surface area contributed by atoms with Gasteiger partial charge in [0.1, 0.15) is 6.54 Å². The number of rotatable bonds is 5. The first-order valence-corrected chi connectivity index (χ1v) is 7.78. The van der Waals surface area contributed by atoms with E-state index in [2.05, 4.69) is 15.5 Å². The van der Waals surface area contributed by atoms with Crippen molar-refractivity contribution in [2.24, 2.45) is 0 Å². The summed E-state index contributed by atoms with van der Waals surface area (Å²) >= 11 is 0. The molecule has 136 valence electrons. The SMILES string of the molecule is Cc1ccn(CC(=O)Nc2cnn(Cc3cccc(C(F)(F)F)c3)c2)n1. The van der Waals surface area contributed by atoms with Crippen LogP contribution in [0.15, 0.2) is 48.9 Å². The van der Waals surface area contributed by atoms with Gasteiger partial charge in [-0.3, -0.25) is 14.2 Å². The molecule has 0 unspecified atom stereocenters. The first-order chi connectivity index (χ1) is 12.3. The number of nitrogens with zero attached hydrogens (tertiary/aromatic N) is 4. The number of amides is 1. The minimum atomic E-state index is -4.38. The lowest BCUT2D eigenvalue weighted by atomic mass is 10.1. The number of benzene rings is 1. The maximum absolute atomic E-state index is 12.8. The van der Waals surface area contributed by atoms with Crippen molar-refractivity contribution in [3.05, 3.63) is 65.7 Å². The van der Waals surface area contributed by atoms with Crippen molar-refractivity contribution < 1.29 is 18.0 Å². The molecule has 2 heterocycles. The molecule has 0 spiro atoms. The smallest absolute Gasteiger partial charge is 0.322 e. The van der Waals surface area contributed by atoms with Crippen LogP contribution in [0.5, 0.6) is 0 Å². The number of hydrogen-bond acceptors (Lipinski definition) is 3. The molecule has 9 heteroatoms. The molecule has 26 heavy (non-hydrogen) atoms. The molecule has 0 saturated heterocycles. The van der Waals surface area contributed by atoms with Crippen LogP contribution in [0, 0.1) is 6.92 Å². The molecule has 0 atom stereocenters. The number of alkyl halides is 3. The third-order valence-electron chi connectivity index (χ3n) is 3.60. The van der Waals surface area contributed by atoms with Gasteiger partial charge in [0.15, 0.2) is 0 Å². The fourth-order valence-corrected chi connectivity index (χ4v) is 2.45. The highest BCUT2D eigenvalue weighted by atomic mass is 19.4. The second-order valence-electron chi connectivity index (χ2n) is 5.83. The second-order valence-corrected chi connectivity index (χ2v) is 5.83. The van der Waals surface area contributed by atoms with Gasteiger partial charge in [0, 0.05) is 12.4 Å². The molecule has 0 aliphatic carbocycles. The Morgan fingerprint density at radius 1 is 1.23 bits per heavy atom. The maximum Gasteiger partial charge on any atom is 0.416 e. The molecule has 0 saturated carbocycles. The first-order valence-electron chi connectivity index (χ1n) is 7.78. The number of halogens is 3. The van der Waals surface area contributed by atoms with Crippen LogP contribution in [0.25, 0.3) is 0 Å². The summed E-state index contributed by atoms with van der Waals surface area (Å²) in [5.74, 6) is -0.272. The van der Waals surface area contributed by atoms with E-state index in [4.69, 9.17) is 0 Å². The molecule has 0 aliphatic rings. The monoisotopic (exact) mass is 363 g/mol. The van der Waals surface area contributed by atoms with Gasteiger partial charge >= 0.3 is 6.18 Å². The van der Waals surface area contributed by atoms with Crippen LogP contribution in [0.1, 0.15) is 16.8 Å². The van der Waals surface area contributed by atoms with Gasteiger partial charge in [0.2, 0.25) is 5.91 Å². The minimum absolute atomic E-state index is 0.0622. The summed E-state index contributed by atoms with van der Waals surface area (Å²) in [7, 11) is 0. The molecule has 2 aromatic heterocycles. The fourth-order valence-electron chi connectivity index (χ4n) is 2.45. The lowest BCUT2D eigenvalue weighted by molar-refractivity contribution is -0.137. The van der Waals surface area contributed by atoms with Gasteiger partial charge < -0.3 is 5.32 Å². The average Bonchev–Trinajstić information content (AvgIpc) is 3.16. The van der Waals surface area contributed by atoms with Crippen LogP contribution >= 0.6 is 0 Å². The largest absolute Gasteiger partial charge is 0.416 e. The normalized spacial score (nSPS) is 11.5. The highest BCUT2D eigenvalue weighted by Gasteiger charge is 2.30. The third-order valence-corrected chi connectivity index (χ3v) is 3.60. The molecule has 1 N–H and O–H groups in total. The Bertz CT molecular complexity index is 913. The number of carbonyl (C=O) groups is 1. The van der Waals surface area contributed by atoms with Crippen molar-refractivity contribution in [1.82, 2.24) is 19.6 Å². The zero-order valence-electron chi connectivity index (χ0n) is 13.9. The van der Waals surface area contributed by atoms with Gasteiger partial charge in [0.25, 0.3) is 0 Å². The third kappa shape index (κ3) is 4.50. The maximum atomic E-state index is 12.8. The fraction of sp³-hybridized carbons (Fsp3) is 0.235. The van der Waals surface area contributed by atoms with E-state index in [-0.39, 0.29) is 19.0 Å². The number of aromatic nitrogens is 4. The van der Waals surface area contributed by atoms with E-state index in [0.29, 0.717) is 11.3 Å². The lowest BCUT2D eigenvalue weighted by Crippen LogP contribution is -2.18. The second kappa shape index (κ2) is 7.03. The number of anilines is 1. The Morgan fingerprint density at radius 2 is 2.04 bits per heavy atom. The molecule has 1 aromatic carbocycles.